The summed E-state index contributed by atoms with van der Waals surface area (Å²) in [5, 5.41) is 37.1. The van der Waals surface area contributed by atoms with E-state index in [0.717, 1.165) is 24.3 Å². The highest BCUT2D eigenvalue weighted by Crippen LogP contribution is 2.41. The molecular formula is C28H16F2O10. The van der Waals surface area contributed by atoms with E-state index in [0.29, 0.717) is 0 Å². The molecule has 202 valence electrons. The smallest absolute Gasteiger partial charge is 0.339 e. The zero-order valence-electron chi connectivity index (χ0n) is 19.9. The molecule has 0 spiro atoms. The molecule has 40 heavy (non-hydrogen) atoms. The Hall–Kier alpha value is -5.78. The Morgan fingerprint density at radius 1 is 0.475 bits per heavy atom. The van der Waals surface area contributed by atoms with Gasteiger partial charge in [-0.3, -0.25) is 0 Å². The summed E-state index contributed by atoms with van der Waals surface area (Å²) in [5.74, 6) is -11.0. The first kappa shape index (κ1) is 27.3. The van der Waals surface area contributed by atoms with Crippen molar-refractivity contribution in [2.24, 2.45) is 0 Å². The molecule has 0 saturated carbocycles. The van der Waals surface area contributed by atoms with Crippen LogP contribution in [0, 0.1) is 11.6 Å². The van der Waals surface area contributed by atoms with Gasteiger partial charge in [-0.2, -0.15) is 0 Å². The number of para-hydroxylation sites is 2. The van der Waals surface area contributed by atoms with Crippen LogP contribution in [0.2, 0.25) is 0 Å². The van der Waals surface area contributed by atoms with Gasteiger partial charge in [0.2, 0.25) is 0 Å². The molecule has 0 fully saturated rings. The molecule has 12 heteroatoms. The first-order chi connectivity index (χ1) is 19.0. The second-order valence-corrected chi connectivity index (χ2v) is 8.02. The quantitative estimate of drug-likeness (QED) is 0.194. The van der Waals surface area contributed by atoms with Crippen LogP contribution in [0.5, 0.6) is 23.0 Å². The SMILES string of the molecule is O=C(O)c1ccc(Oc2ccccc2-c2ccccc2Oc2ccc(C(=O)O)c(C(=O)O)c2F)c(F)c1C(=O)O. The van der Waals surface area contributed by atoms with Crippen LogP contribution in [0.3, 0.4) is 0 Å². The van der Waals surface area contributed by atoms with Crippen molar-refractivity contribution in [3.8, 4) is 34.1 Å². The number of benzene rings is 4. The summed E-state index contributed by atoms with van der Waals surface area (Å²) in [5.41, 5.74) is -3.25. The van der Waals surface area contributed by atoms with Crippen molar-refractivity contribution in [2.75, 3.05) is 0 Å². The minimum atomic E-state index is -1.82. The van der Waals surface area contributed by atoms with Crippen LogP contribution in [0.25, 0.3) is 11.1 Å². The molecule has 0 atom stereocenters. The Kier molecular flexibility index (Phi) is 7.44. The van der Waals surface area contributed by atoms with Gasteiger partial charge in [-0.25, -0.2) is 28.0 Å². The molecule has 4 rings (SSSR count). The molecule has 0 radical (unpaired) electrons. The first-order valence-corrected chi connectivity index (χ1v) is 11.1. The highest BCUT2D eigenvalue weighted by atomic mass is 19.1. The number of carboxylic acids is 4. The summed E-state index contributed by atoms with van der Waals surface area (Å²) in [4.78, 5) is 45.7. The second-order valence-electron chi connectivity index (χ2n) is 8.02. The van der Waals surface area contributed by atoms with Crippen molar-refractivity contribution in [1.82, 2.24) is 0 Å². The molecule has 0 saturated heterocycles. The third-order valence-electron chi connectivity index (χ3n) is 5.61. The van der Waals surface area contributed by atoms with E-state index in [-0.39, 0.29) is 22.6 Å². The highest BCUT2D eigenvalue weighted by molar-refractivity contribution is 6.03. The number of ether oxygens (including phenoxy) is 2. The molecule has 0 unspecified atom stereocenters. The van der Waals surface area contributed by atoms with Gasteiger partial charge in [0.05, 0.1) is 11.1 Å². The van der Waals surface area contributed by atoms with Gasteiger partial charge >= 0.3 is 23.9 Å². The zero-order chi connectivity index (χ0) is 29.1. The number of hydrogen-bond acceptors (Lipinski definition) is 6. The summed E-state index contributed by atoms with van der Waals surface area (Å²) in [7, 11) is 0. The fraction of sp³-hybridized carbons (Fsp3) is 0. The monoisotopic (exact) mass is 550 g/mol. The predicted molar refractivity (Wildman–Crippen MR) is 133 cm³/mol. The molecule has 0 aromatic heterocycles. The molecule has 4 aromatic rings. The standard InChI is InChI=1S/C28H16F2O10/c29-23-19(11-9-15(25(31)32)21(23)27(35)36)39-17-7-3-1-5-13(17)14-6-2-4-8-18(14)40-20-12-10-16(26(33)34)22(24(20)30)28(37)38/h1-12H,(H,31,32)(H,33,34)(H,35,36)(H,37,38). The van der Waals surface area contributed by atoms with E-state index in [1.165, 1.54) is 36.4 Å². The highest BCUT2D eigenvalue weighted by Gasteiger charge is 2.27. The lowest BCUT2D eigenvalue weighted by atomic mass is 10.0. The van der Waals surface area contributed by atoms with Gasteiger partial charge in [0, 0.05) is 11.1 Å². The Morgan fingerprint density at radius 3 is 1.15 bits per heavy atom. The van der Waals surface area contributed by atoms with Gasteiger partial charge in [-0.05, 0) is 36.4 Å². The maximum Gasteiger partial charge on any atom is 0.339 e. The first-order valence-electron chi connectivity index (χ1n) is 11.1. The summed E-state index contributed by atoms with van der Waals surface area (Å²) in [6.45, 7) is 0. The molecule has 4 aromatic carbocycles. The van der Waals surface area contributed by atoms with Crippen LogP contribution in [0.1, 0.15) is 41.4 Å². The van der Waals surface area contributed by atoms with Crippen LogP contribution in [-0.2, 0) is 0 Å². The molecule has 0 aliphatic carbocycles. The lowest BCUT2D eigenvalue weighted by Gasteiger charge is -2.17. The average molecular weight is 550 g/mol. The minimum absolute atomic E-state index is 0.0233. The topological polar surface area (TPSA) is 168 Å². The van der Waals surface area contributed by atoms with Gasteiger partial charge in [-0.15, -0.1) is 0 Å². The van der Waals surface area contributed by atoms with E-state index in [4.69, 9.17) is 9.47 Å². The largest absolute Gasteiger partial charge is 0.478 e. The Labute approximate surface area is 222 Å². The maximum absolute atomic E-state index is 15.0. The number of carbonyl (C=O) groups is 4. The molecule has 4 N–H and O–H groups in total. The van der Waals surface area contributed by atoms with E-state index < -0.39 is 69.3 Å². The lowest BCUT2D eigenvalue weighted by molar-refractivity contribution is 0.0646. The fourth-order valence-corrected chi connectivity index (χ4v) is 3.84. The second kappa shape index (κ2) is 10.9. The third kappa shape index (κ3) is 5.13. The maximum atomic E-state index is 15.0. The van der Waals surface area contributed by atoms with Crippen LogP contribution < -0.4 is 9.47 Å². The van der Waals surface area contributed by atoms with E-state index in [1.54, 1.807) is 12.1 Å². The van der Waals surface area contributed by atoms with E-state index in [9.17, 15) is 39.6 Å². The van der Waals surface area contributed by atoms with Gasteiger partial charge in [0.1, 0.15) is 22.6 Å². The number of halogens is 2. The Bertz CT molecular complexity index is 1570. The van der Waals surface area contributed by atoms with Gasteiger partial charge in [0.25, 0.3) is 0 Å². The van der Waals surface area contributed by atoms with E-state index in [1.807, 2.05) is 0 Å². The molecule has 0 heterocycles. The van der Waals surface area contributed by atoms with Gasteiger partial charge in [0.15, 0.2) is 23.1 Å². The van der Waals surface area contributed by atoms with E-state index in [2.05, 4.69) is 0 Å². The van der Waals surface area contributed by atoms with Gasteiger partial charge < -0.3 is 29.9 Å². The molecule has 0 amide bonds. The van der Waals surface area contributed by atoms with Crippen molar-refractivity contribution >= 4 is 23.9 Å². The minimum Gasteiger partial charge on any atom is -0.478 e. The van der Waals surface area contributed by atoms with Gasteiger partial charge in [-0.1, -0.05) is 36.4 Å². The van der Waals surface area contributed by atoms with Crippen LogP contribution in [-0.4, -0.2) is 44.3 Å². The molecule has 0 aliphatic rings. The molecule has 10 nitrogen and oxygen atoms in total. The predicted octanol–water partition coefficient (Wildman–Crippen LogP) is 6.01. The summed E-state index contributed by atoms with van der Waals surface area (Å²) in [6, 6.07) is 15.7. The summed E-state index contributed by atoms with van der Waals surface area (Å²) in [6.07, 6.45) is 0. The van der Waals surface area contributed by atoms with Crippen LogP contribution in [0.15, 0.2) is 72.8 Å². The van der Waals surface area contributed by atoms with Crippen molar-refractivity contribution in [1.29, 1.82) is 0 Å². The summed E-state index contributed by atoms with van der Waals surface area (Å²) < 4.78 is 41.4. The van der Waals surface area contributed by atoms with Crippen LogP contribution in [0.4, 0.5) is 8.78 Å². The summed E-state index contributed by atoms with van der Waals surface area (Å²) >= 11 is 0. The number of hydrogen-bond donors (Lipinski definition) is 4. The normalized spacial score (nSPS) is 10.6. The van der Waals surface area contributed by atoms with E-state index >= 15 is 8.78 Å². The molecule has 0 aliphatic heterocycles. The van der Waals surface area contributed by atoms with Crippen LogP contribution >= 0.6 is 0 Å². The number of rotatable bonds is 9. The molecular weight excluding hydrogens is 534 g/mol. The Balaban J connectivity index is 1.79. The fourth-order valence-electron chi connectivity index (χ4n) is 3.84. The average Bonchev–Trinajstić information content (AvgIpc) is 2.90. The zero-order valence-corrected chi connectivity index (χ0v) is 19.9. The lowest BCUT2D eigenvalue weighted by Crippen LogP contribution is -2.11. The Morgan fingerprint density at radius 2 is 0.825 bits per heavy atom. The number of carboxylic acid groups (broad SMARTS) is 4. The van der Waals surface area contributed by atoms with Crippen molar-refractivity contribution in [3.05, 3.63) is 107 Å². The molecule has 0 bridgehead atoms. The van der Waals surface area contributed by atoms with Crippen molar-refractivity contribution in [3.63, 3.8) is 0 Å². The third-order valence-corrected chi connectivity index (χ3v) is 5.61. The number of aromatic carboxylic acids is 4. The van der Waals surface area contributed by atoms with Crippen molar-refractivity contribution in [2.45, 2.75) is 0 Å². The van der Waals surface area contributed by atoms with Crippen molar-refractivity contribution < 1.29 is 57.9 Å².